The smallest absolute Gasteiger partial charge is 0.316 e. The van der Waals surface area contributed by atoms with E-state index in [1.165, 1.54) is 0 Å². The van der Waals surface area contributed by atoms with Crippen LogP contribution in [0.15, 0.2) is 71.1 Å². The lowest BCUT2D eigenvalue weighted by Gasteiger charge is -2.27. The predicted molar refractivity (Wildman–Crippen MR) is 101 cm³/mol. The molecule has 1 aliphatic rings. The maximum atomic E-state index is 13.1. The Hall–Kier alpha value is -2.60. The van der Waals surface area contributed by atoms with Gasteiger partial charge in [0.1, 0.15) is 0 Å². The number of sulfonamides is 1. The van der Waals surface area contributed by atoms with Crippen molar-refractivity contribution in [2.45, 2.75) is 25.3 Å². The Morgan fingerprint density at radius 2 is 1.62 bits per heavy atom. The zero-order valence-electron chi connectivity index (χ0n) is 14.9. The Balaban J connectivity index is 1.93. The molecule has 0 aliphatic carbocycles. The standard InChI is InChI=1S/C20H22N2O3S/c1-16-8-10-19(11-9-16)26(24,25)22-14-17(2)12-13-21(20(22)23)15-18-6-4-3-5-7-18/h3-12H,13-15H2,1-2H3. The summed E-state index contributed by atoms with van der Waals surface area (Å²) in [6.07, 6.45) is 1.91. The van der Waals surface area contributed by atoms with E-state index in [4.69, 9.17) is 0 Å². The lowest BCUT2D eigenvalue weighted by molar-refractivity contribution is 0.185. The lowest BCUT2D eigenvalue weighted by Crippen LogP contribution is -2.45. The van der Waals surface area contributed by atoms with Crippen molar-refractivity contribution in [2.24, 2.45) is 0 Å². The molecule has 0 bridgehead atoms. The van der Waals surface area contributed by atoms with E-state index in [-0.39, 0.29) is 11.4 Å². The summed E-state index contributed by atoms with van der Waals surface area (Å²) in [5.74, 6) is 0. The SMILES string of the molecule is CC1=CCN(Cc2ccccc2)C(=O)N(S(=O)(=O)c2ccc(C)cc2)C1. The minimum absolute atomic E-state index is 0.0698. The van der Waals surface area contributed by atoms with Crippen LogP contribution in [0.1, 0.15) is 18.1 Å². The van der Waals surface area contributed by atoms with Gasteiger partial charge in [0.2, 0.25) is 0 Å². The highest BCUT2D eigenvalue weighted by molar-refractivity contribution is 7.89. The third kappa shape index (κ3) is 3.80. The second-order valence-electron chi connectivity index (χ2n) is 6.52. The van der Waals surface area contributed by atoms with E-state index in [0.29, 0.717) is 13.1 Å². The molecular weight excluding hydrogens is 348 g/mol. The van der Waals surface area contributed by atoms with Crippen molar-refractivity contribution in [3.05, 3.63) is 77.4 Å². The summed E-state index contributed by atoms with van der Waals surface area (Å²) in [7, 11) is -3.91. The number of carbonyl (C=O) groups excluding carboxylic acids is 1. The molecule has 0 fully saturated rings. The average molecular weight is 370 g/mol. The minimum Gasteiger partial charge on any atom is -0.316 e. The van der Waals surface area contributed by atoms with E-state index >= 15 is 0 Å². The lowest BCUT2D eigenvalue weighted by atomic mass is 10.2. The maximum Gasteiger partial charge on any atom is 0.334 e. The van der Waals surface area contributed by atoms with Crippen LogP contribution in [0.25, 0.3) is 0 Å². The fourth-order valence-electron chi connectivity index (χ4n) is 2.82. The second kappa shape index (κ2) is 7.33. The first kappa shape index (κ1) is 18.2. The molecule has 2 amide bonds. The van der Waals surface area contributed by atoms with Crippen LogP contribution in [0.2, 0.25) is 0 Å². The van der Waals surface area contributed by atoms with E-state index in [1.807, 2.05) is 50.3 Å². The molecule has 2 aromatic carbocycles. The largest absolute Gasteiger partial charge is 0.334 e. The molecule has 1 heterocycles. The zero-order chi connectivity index (χ0) is 18.7. The van der Waals surface area contributed by atoms with Crippen LogP contribution in [0, 0.1) is 6.92 Å². The molecule has 0 spiro atoms. The zero-order valence-corrected chi connectivity index (χ0v) is 15.7. The Labute approximate surface area is 154 Å². The van der Waals surface area contributed by atoms with Crippen LogP contribution in [-0.2, 0) is 16.6 Å². The topological polar surface area (TPSA) is 57.7 Å². The van der Waals surface area contributed by atoms with Crippen molar-refractivity contribution in [2.75, 3.05) is 13.1 Å². The van der Waals surface area contributed by atoms with Gasteiger partial charge in [-0.3, -0.25) is 0 Å². The fraction of sp³-hybridized carbons (Fsp3) is 0.250. The number of rotatable bonds is 4. The van der Waals surface area contributed by atoms with Gasteiger partial charge < -0.3 is 4.90 Å². The van der Waals surface area contributed by atoms with E-state index in [0.717, 1.165) is 21.0 Å². The molecule has 136 valence electrons. The van der Waals surface area contributed by atoms with Crippen LogP contribution in [0.5, 0.6) is 0 Å². The Morgan fingerprint density at radius 1 is 0.962 bits per heavy atom. The highest BCUT2D eigenvalue weighted by Gasteiger charge is 2.34. The number of amides is 2. The van der Waals surface area contributed by atoms with Gasteiger partial charge in [-0.05, 0) is 31.5 Å². The van der Waals surface area contributed by atoms with Gasteiger partial charge in [-0.15, -0.1) is 0 Å². The first-order chi connectivity index (χ1) is 12.4. The monoisotopic (exact) mass is 370 g/mol. The highest BCUT2D eigenvalue weighted by Crippen LogP contribution is 2.22. The van der Waals surface area contributed by atoms with Crippen LogP contribution >= 0.6 is 0 Å². The van der Waals surface area contributed by atoms with Crippen molar-refractivity contribution in [1.82, 2.24) is 9.21 Å². The molecule has 0 saturated carbocycles. The number of nitrogens with zero attached hydrogens (tertiary/aromatic N) is 2. The van der Waals surface area contributed by atoms with Crippen molar-refractivity contribution in [3.63, 3.8) is 0 Å². The van der Waals surface area contributed by atoms with Crippen LogP contribution in [0.4, 0.5) is 4.79 Å². The summed E-state index contributed by atoms with van der Waals surface area (Å²) in [5.41, 5.74) is 2.78. The molecule has 0 aromatic heterocycles. The van der Waals surface area contributed by atoms with Gasteiger partial charge in [0.25, 0.3) is 10.0 Å². The number of hydrogen-bond donors (Lipinski definition) is 0. The minimum atomic E-state index is -3.91. The Morgan fingerprint density at radius 3 is 2.27 bits per heavy atom. The van der Waals surface area contributed by atoms with E-state index in [9.17, 15) is 13.2 Å². The number of hydrogen-bond acceptors (Lipinski definition) is 3. The maximum absolute atomic E-state index is 13.1. The van der Waals surface area contributed by atoms with Crippen LogP contribution in [0.3, 0.4) is 0 Å². The second-order valence-corrected chi connectivity index (χ2v) is 8.39. The van der Waals surface area contributed by atoms with Gasteiger partial charge in [0.05, 0.1) is 11.4 Å². The molecule has 0 N–H and O–H groups in total. The van der Waals surface area contributed by atoms with Crippen molar-refractivity contribution in [1.29, 1.82) is 0 Å². The molecule has 2 aromatic rings. The quantitative estimate of drug-likeness (QED) is 0.773. The normalized spacial score (nSPS) is 15.6. The summed E-state index contributed by atoms with van der Waals surface area (Å²) in [6.45, 7) is 4.56. The van der Waals surface area contributed by atoms with Gasteiger partial charge in [0.15, 0.2) is 0 Å². The highest BCUT2D eigenvalue weighted by atomic mass is 32.2. The first-order valence-electron chi connectivity index (χ1n) is 8.46. The van der Waals surface area contributed by atoms with Gasteiger partial charge in [0, 0.05) is 13.1 Å². The molecule has 0 atom stereocenters. The van der Waals surface area contributed by atoms with Gasteiger partial charge in [-0.25, -0.2) is 17.5 Å². The number of aryl methyl sites for hydroxylation is 1. The molecule has 0 radical (unpaired) electrons. The van der Waals surface area contributed by atoms with Gasteiger partial charge in [-0.1, -0.05) is 59.7 Å². The number of urea groups is 1. The summed E-state index contributed by atoms with van der Waals surface area (Å²) >= 11 is 0. The predicted octanol–water partition coefficient (Wildman–Crippen LogP) is 3.57. The summed E-state index contributed by atoms with van der Waals surface area (Å²) in [6, 6.07) is 15.6. The molecule has 0 saturated heterocycles. The van der Waals surface area contributed by atoms with Crippen molar-refractivity contribution in [3.8, 4) is 0 Å². The molecule has 6 heteroatoms. The Bertz CT molecular complexity index is 919. The van der Waals surface area contributed by atoms with E-state index in [1.54, 1.807) is 29.2 Å². The van der Waals surface area contributed by atoms with Crippen molar-refractivity contribution < 1.29 is 13.2 Å². The van der Waals surface area contributed by atoms with Crippen LogP contribution in [-0.4, -0.2) is 36.7 Å². The summed E-state index contributed by atoms with van der Waals surface area (Å²) < 4.78 is 27.1. The molecular formula is C20H22N2O3S. The van der Waals surface area contributed by atoms with Gasteiger partial charge >= 0.3 is 6.03 Å². The van der Waals surface area contributed by atoms with E-state index < -0.39 is 16.1 Å². The average Bonchev–Trinajstić information content (AvgIpc) is 2.77. The fourth-order valence-corrected chi connectivity index (χ4v) is 4.25. The molecule has 1 aliphatic heterocycles. The summed E-state index contributed by atoms with van der Waals surface area (Å²) in [4.78, 5) is 14.7. The number of benzene rings is 2. The van der Waals surface area contributed by atoms with Gasteiger partial charge in [-0.2, -0.15) is 0 Å². The Kier molecular flexibility index (Phi) is 5.13. The molecule has 5 nitrogen and oxygen atoms in total. The molecule has 26 heavy (non-hydrogen) atoms. The third-order valence-corrected chi connectivity index (χ3v) is 6.10. The third-order valence-electron chi connectivity index (χ3n) is 4.36. The van der Waals surface area contributed by atoms with Crippen LogP contribution < -0.4 is 0 Å². The van der Waals surface area contributed by atoms with Crippen molar-refractivity contribution >= 4 is 16.1 Å². The van der Waals surface area contributed by atoms with E-state index in [2.05, 4.69) is 0 Å². The summed E-state index contributed by atoms with van der Waals surface area (Å²) in [5, 5.41) is 0. The number of carbonyl (C=O) groups is 1. The molecule has 0 unspecified atom stereocenters. The molecule has 3 rings (SSSR count). The first-order valence-corrected chi connectivity index (χ1v) is 9.90.